The van der Waals surface area contributed by atoms with Crippen LogP contribution in [0.4, 0.5) is 0 Å². The van der Waals surface area contributed by atoms with Gasteiger partial charge in [0.2, 0.25) is 0 Å². The number of fused-ring (bicyclic) bond motifs is 1. The van der Waals surface area contributed by atoms with E-state index < -0.39 is 0 Å². The Hall–Kier alpha value is -1.14. The standard InChI is InChI=1S/C9H7.C8H8.C6H7.2ClH.Zr/c1-2-5-9-7-3-6-8(9)4-1;1-2-8-6-4-3-5-7-8;1-6-4-2-3-5-6;;;/h1-7H;3-7H,1H3;4-5H,2H2,1H3;2*1H;/q-1;;-1;;;+2/p-2. The first-order valence-corrected chi connectivity index (χ1v) is 9.34. The Balaban J connectivity index is 0.000000354. The third-order valence-corrected chi connectivity index (χ3v) is 4.34. The van der Waals surface area contributed by atoms with Crippen LogP contribution in [-0.2, 0) is 24.2 Å². The van der Waals surface area contributed by atoms with Crippen LogP contribution in [0.15, 0.2) is 90.5 Å². The molecule has 0 N–H and O–H groups in total. The van der Waals surface area contributed by atoms with Gasteiger partial charge in [0.25, 0.3) is 0 Å². The van der Waals surface area contributed by atoms with Gasteiger partial charge in [-0.25, -0.2) is 11.6 Å². The maximum Gasteiger partial charge on any atom is -0.0809 e. The van der Waals surface area contributed by atoms with Gasteiger partial charge in [-0.15, -0.1) is 43.0 Å². The van der Waals surface area contributed by atoms with Gasteiger partial charge in [-0.3, -0.25) is 6.08 Å². The molecule has 0 heterocycles. The number of rotatable bonds is 1. The zero-order valence-corrected chi connectivity index (χ0v) is 19.0. The van der Waals surface area contributed by atoms with E-state index in [4.69, 9.17) is 0 Å². The molecular weight excluding hydrogens is 438 g/mol. The Labute approximate surface area is 184 Å². The van der Waals surface area contributed by atoms with Crippen molar-refractivity contribution in [3.05, 3.63) is 102 Å². The molecule has 0 nitrogen and oxygen atoms in total. The summed E-state index contributed by atoms with van der Waals surface area (Å²) in [5.74, 6) is 0. The zero-order valence-electron chi connectivity index (χ0n) is 15.0. The Bertz CT molecular complexity index is 797. The van der Waals surface area contributed by atoms with E-state index in [2.05, 4.69) is 92.7 Å². The molecule has 0 amide bonds. The fraction of sp³-hybridized carbons (Fsp3) is 0.130. The number of benzene rings is 2. The SMILES string of the molecule is CC1=CC[C-]=C1.C[C](=[Zr+2])c1ccccc1.[Cl-].[Cl-].c1ccc2[cH-]ccc2c1. The predicted octanol–water partition coefficient (Wildman–Crippen LogP) is 0.0363. The van der Waals surface area contributed by atoms with Crippen LogP contribution in [-0.4, -0.2) is 3.21 Å². The molecule has 0 aromatic heterocycles. The van der Waals surface area contributed by atoms with Crippen LogP contribution in [0, 0.1) is 6.08 Å². The summed E-state index contributed by atoms with van der Waals surface area (Å²) in [6.45, 7) is 4.24. The average molecular weight is 461 g/mol. The Morgan fingerprint density at radius 1 is 0.962 bits per heavy atom. The Morgan fingerprint density at radius 3 is 2.08 bits per heavy atom. The number of hydrogen-bond donors (Lipinski definition) is 0. The van der Waals surface area contributed by atoms with Gasteiger partial charge in [-0.05, 0) is 0 Å². The third kappa shape index (κ3) is 8.99. The summed E-state index contributed by atoms with van der Waals surface area (Å²) in [6.07, 6.45) is 8.24. The molecule has 0 spiro atoms. The van der Waals surface area contributed by atoms with Crippen molar-refractivity contribution >= 4 is 14.0 Å². The minimum Gasteiger partial charge on any atom is -1.00 e. The number of hydrogen-bond acceptors (Lipinski definition) is 0. The average Bonchev–Trinajstić information content (AvgIpc) is 3.28. The van der Waals surface area contributed by atoms with Crippen LogP contribution in [0.1, 0.15) is 25.8 Å². The molecule has 0 aliphatic heterocycles. The summed E-state index contributed by atoms with van der Waals surface area (Å²) in [5, 5.41) is 2.66. The van der Waals surface area contributed by atoms with Crippen LogP contribution >= 0.6 is 0 Å². The topological polar surface area (TPSA) is 0 Å². The summed E-state index contributed by atoms with van der Waals surface area (Å²) in [4.78, 5) is 0. The number of allylic oxidation sites excluding steroid dienone is 4. The van der Waals surface area contributed by atoms with Gasteiger partial charge in [-0.1, -0.05) is 6.07 Å². The molecule has 0 bridgehead atoms. The molecule has 3 aromatic carbocycles. The first kappa shape index (κ1) is 24.9. The van der Waals surface area contributed by atoms with Crippen molar-refractivity contribution in [1.82, 2.24) is 0 Å². The van der Waals surface area contributed by atoms with E-state index >= 15 is 0 Å². The van der Waals surface area contributed by atoms with Crippen molar-refractivity contribution < 1.29 is 49.0 Å². The van der Waals surface area contributed by atoms with Gasteiger partial charge in [0.05, 0.1) is 0 Å². The molecule has 26 heavy (non-hydrogen) atoms. The van der Waals surface area contributed by atoms with Crippen LogP contribution in [0.2, 0.25) is 0 Å². The van der Waals surface area contributed by atoms with E-state index in [-0.39, 0.29) is 24.8 Å². The summed E-state index contributed by atoms with van der Waals surface area (Å²) in [6, 6.07) is 25.1. The van der Waals surface area contributed by atoms with E-state index in [1.165, 1.54) is 49.4 Å². The fourth-order valence-electron chi connectivity index (χ4n) is 2.26. The maximum absolute atomic E-state index is 3.05. The summed E-state index contributed by atoms with van der Waals surface area (Å²) in [7, 11) is 0. The quantitative estimate of drug-likeness (QED) is 0.450. The molecule has 3 heteroatoms. The van der Waals surface area contributed by atoms with Gasteiger partial charge in [-0.2, -0.15) is 23.6 Å². The van der Waals surface area contributed by atoms with Crippen molar-refractivity contribution in [3.8, 4) is 0 Å². The van der Waals surface area contributed by atoms with Crippen molar-refractivity contribution in [2.24, 2.45) is 0 Å². The van der Waals surface area contributed by atoms with Crippen molar-refractivity contribution in [1.29, 1.82) is 0 Å². The monoisotopic (exact) mass is 458 g/mol. The molecule has 4 rings (SSSR count). The normalized spacial score (nSPS) is 11.0. The van der Waals surface area contributed by atoms with Gasteiger partial charge in [0.1, 0.15) is 0 Å². The smallest absolute Gasteiger partial charge is 0.0809 e. The summed E-state index contributed by atoms with van der Waals surface area (Å²) >= 11 is 1.51. The molecule has 134 valence electrons. The van der Waals surface area contributed by atoms with Crippen LogP contribution < -0.4 is 24.8 Å². The van der Waals surface area contributed by atoms with Crippen LogP contribution in [0.3, 0.4) is 0 Å². The second-order valence-corrected chi connectivity index (χ2v) is 7.49. The number of halogens is 2. The van der Waals surface area contributed by atoms with Crippen molar-refractivity contribution in [3.63, 3.8) is 0 Å². The van der Waals surface area contributed by atoms with E-state index in [0.29, 0.717) is 0 Å². The van der Waals surface area contributed by atoms with Gasteiger partial charge >= 0.3 is 70.3 Å². The maximum atomic E-state index is 3.05. The molecule has 0 radical (unpaired) electrons. The first-order valence-electron chi connectivity index (χ1n) is 8.11. The molecule has 0 fully saturated rings. The summed E-state index contributed by atoms with van der Waals surface area (Å²) in [5.41, 5.74) is 2.71. The minimum atomic E-state index is 0. The molecular formula is C23H22Cl2Zr-2. The Kier molecular flexibility index (Phi) is 13.4. The van der Waals surface area contributed by atoms with Crippen LogP contribution in [0.25, 0.3) is 10.8 Å². The van der Waals surface area contributed by atoms with Crippen LogP contribution in [0.5, 0.6) is 0 Å². The van der Waals surface area contributed by atoms with Gasteiger partial charge in [0.15, 0.2) is 0 Å². The first-order chi connectivity index (χ1) is 11.7. The molecule has 1 aliphatic carbocycles. The fourth-order valence-corrected chi connectivity index (χ4v) is 2.67. The molecule has 0 saturated heterocycles. The molecule has 0 atom stereocenters. The molecule has 0 unspecified atom stereocenters. The third-order valence-electron chi connectivity index (χ3n) is 3.63. The van der Waals surface area contributed by atoms with Crippen molar-refractivity contribution in [2.75, 3.05) is 0 Å². The predicted molar refractivity (Wildman–Crippen MR) is 102 cm³/mol. The van der Waals surface area contributed by atoms with Crippen molar-refractivity contribution in [2.45, 2.75) is 20.3 Å². The zero-order chi connectivity index (χ0) is 17.2. The van der Waals surface area contributed by atoms with E-state index in [1.807, 2.05) is 12.1 Å². The van der Waals surface area contributed by atoms with Gasteiger partial charge < -0.3 is 24.8 Å². The van der Waals surface area contributed by atoms with E-state index in [0.717, 1.165) is 6.42 Å². The molecule has 1 aliphatic rings. The molecule has 0 saturated carbocycles. The second kappa shape index (κ2) is 14.0. The van der Waals surface area contributed by atoms with E-state index in [1.54, 1.807) is 0 Å². The van der Waals surface area contributed by atoms with E-state index in [9.17, 15) is 0 Å². The minimum absolute atomic E-state index is 0. The largest absolute Gasteiger partial charge is 1.00 e. The van der Waals surface area contributed by atoms with Gasteiger partial charge in [0, 0.05) is 0 Å². The molecule has 3 aromatic rings. The summed E-state index contributed by atoms with van der Waals surface area (Å²) < 4.78 is 1.46. The Morgan fingerprint density at radius 2 is 1.62 bits per heavy atom. The second-order valence-electron chi connectivity index (χ2n) is 5.65.